The van der Waals surface area contributed by atoms with Crippen molar-refractivity contribution in [3.63, 3.8) is 0 Å². The summed E-state index contributed by atoms with van der Waals surface area (Å²) in [5.74, 6) is 0. The van der Waals surface area contributed by atoms with Crippen LogP contribution in [0.15, 0.2) is 32.7 Å². The lowest BCUT2D eigenvalue weighted by Crippen LogP contribution is -2.39. The third kappa shape index (κ3) is 2.64. The molecule has 0 aliphatic carbocycles. The highest BCUT2D eigenvalue weighted by Crippen LogP contribution is 2.16. The van der Waals surface area contributed by atoms with Crippen molar-refractivity contribution in [1.29, 1.82) is 0 Å². The van der Waals surface area contributed by atoms with E-state index in [1.54, 1.807) is 13.8 Å². The van der Waals surface area contributed by atoms with E-state index in [4.69, 9.17) is 0 Å². The average molecular weight is 311 g/mol. The topological polar surface area (TPSA) is 90.2 Å². The van der Waals surface area contributed by atoms with Gasteiger partial charge < -0.3 is 9.13 Å². The summed E-state index contributed by atoms with van der Waals surface area (Å²) < 4.78 is 29.2. The predicted octanol–water partition coefficient (Wildman–Crippen LogP) is -0.0761. The van der Waals surface area contributed by atoms with Crippen LogP contribution in [0.4, 0.5) is 0 Å². The van der Waals surface area contributed by atoms with E-state index in [1.165, 1.54) is 36.9 Å². The number of nitrogens with one attached hydrogen (secondary N) is 1. The zero-order chi connectivity index (χ0) is 15.9. The van der Waals surface area contributed by atoms with E-state index in [-0.39, 0.29) is 10.9 Å². The Bertz CT molecular complexity index is 923. The zero-order valence-corrected chi connectivity index (χ0v) is 13.1. The quantitative estimate of drug-likeness (QED) is 0.803. The van der Waals surface area contributed by atoms with Gasteiger partial charge in [0.15, 0.2) is 0 Å². The summed E-state index contributed by atoms with van der Waals surface area (Å²) in [5.41, 5.74) is -0.475. The van der Waals surface area contributed by atoms with Crippen molar-refractivity contribution in [3.8, 4) is 0 Å². The van der Waals surface area contributed by atoms with Crippen LogP contribution in [-0.4, -0.2) is 23.6 Å². The maximum atomic E-state index is 12.2. The summed E-state index contributed by atoms with van der Waals surface area (Å²) in [6.07, 6.45) is 0. The second-order valence-electron chi connectivity index (χ2n) is 5.15. The van der Waals surface area contributed by atoms with Gasteiger partial charge in [-0.2, -0.15) is 0 Å². The van der Waals surface area contributed by atoms with Crippen LogP contribution in [-0.2, 0) is 24.1 Å². The van der Waals surface area contributed by atoms with Crippen molar-refractivity contribution in [3.05, 3.63) is 38.9 Å². The molecule has 0 saturated carbocycles. The molecule has 21 heavy (non-hydrogen) atoms. The van der Waals surface area contributed by atoms with Gasteiger partial charge in [-0.15, -0.1) is 0 Å². The molecule has 0 bridgehead atoms. The monoisotopic (exact) mass is 311 g/mol. The lowest BCUT2D eigenvalue weighted by Gasteiger charge is -2.12. The number of aryl methyl sites for hydroxylation is 2. The first-order chi connectivity index (χ1) is 9.65. The Hall–Kier alpha value is -1.93. The number of nitrogens with zero attached hydrogens (tertiary/aromatic N) is 2. The van der Waals surface area contributed by atoms with Gasteiger partial charge in [-0.05, 0) is 32.0 Å². The van der Waals surface area contributed by atoms with Crippen LogP contribution in [0.3, 0.4) is 0 Å². The van der Waals surface area contributed by atoms with Crippen LogP contribution < -0.4 is 15.8 Å². The summed E-state index contributed by atoms with van der Waals surface area (Å²) in [7, 11) is -0.735. The fraction of sp³-hybridized carbons (Fsp3) is 0.385. The van der Waals surface area contributed by atoms with E-state index in [0.29, 0.717) is 11.0 Å². The molecule has 7 nitrogen and oxygen atoms in total. The number of fused-ring (bicyclic) bond motifs is 1. The molecule has 1 aromatic heterocycles. The Kier molecular flexibility index (Phi) is 3.77. The summed E-state index contributed by atoms with van der Waals surface area (Å²) in [4.78, 5) is 23.6. The molecule has 0 spiro atoms. The first-order valence-corrected chi connectivity index (χ1v) is 7.85. The van der Waals surface area contributed by atoms with Crippen LogP contribution in [0, 0.1) is 0 Å². The lowest BCUT2D eigenvalue weighted by atomic mass is 10.3. The molecule has 114 valence electrons. The molecule has 2 aromatic rings. The fourth-order valence-electron chi connectivity index (χ4n) is 2.11. The molecule has 1 heterocycles. The predicted molar refractivity (Wildman–Crippen MR) is 79.9 cm³/mol. The molecule has 0 saturated heterocycles. The van der Waals surface area contributed by atoms with Crippen molar-refractivity contribution in [1.82, 2.24) is 13.9 Å². The van der Waals surface area contributed by atoms with Crippen LogP contribution in [0.1, 0.15) is 13.8 Å². The van der Waals surface area contributed by atoms with E-state index < -0.39 is 21.1 Å². The Balaban J connectivity index is 2.80. The highest BCUT2D eigenvalue weighted by Gasteiger charge is 2.17. The molecule has 0 aliphatic heterocycles. The molecule has 0 fully saturated rings. The smallest absolute Gasteiger partial charge is 0.305 e. The Labute approximate surface area is 121 Å². The van der Waals surface area contributed by atoms with Gasteiger partial charge in [-0.3, -0.25) is 9.59 Å². The molecule has 1 N–H and O–H groups in total. The molecule has 0 amide bonds. The second kappa shape index (κ2) is 5.12. The molecular formula is C13H17N3O4S. The van der Waals surface area contributed by atoms with Gasteiger partial charge in [0.25, 0.3) is 0 Å². The lowest BCUT2D eigenvalue weighted by molar-refractivity contribution is 0.570. The molecule has 0 atom stereocenters. The van der Waals surface area contributed by atoms with Crippen molar-refractivity contribution < 1.29 is 8.42 Å². The highest BCUT2D eigenvalue weighted by atomic mass is 32.2. The van der Waals surface area contributed by atoms with Gasteiger partial charge >= 0.3 is 11.1 Å². The average Bonchev–Trinajstić information content (AvgIpc) is 2.40. The number of rotatable bonds is 3. The number of benzene rings is 1. The molecular weight excluding hydrogens is 294 g/mol. The fourth-order valence-corrected chi connectivity index (χ4v) is 3.38. The maximum Gasteiger partial charge on any atom is 0.316 e. The van der Waals surface area contributed by atoms with Crippen molar-refractivity contribution in [2.24, 2.45) is 14.1 Å². The van der Waals surface area contributed by atoms with E-state index >= 15 is 0 Å². The maximum absolute atomic E-state index is 12.2. The molecule has 0 aliphatic rings. The van der Waals surface area contributed by atoms with Crippen LogP contribution in [0.2, 0.25) is 0 Å². The normalized spacial score (nSPS) is 12.2. The summed E-state index contributed by atoms with van der Waals surface area (Å²) in [6, 6.07) is 4.08. The molecule has 2 rings (SSSR count). The Morgan fingerprint density at radius 2 is 1.52 bits per heavy atom. The number of hydrogen-bond donors (Lipinski definition) is 1. The van der Waals surface area contributed by atoms with Gasteiger partial charge in [0.2, 0.25) is 10.0 Å². The first kappa shape index (κ1) is 15.5. The van der Waals surface area contributed by atoms with E-state index in [1.807, 2.05) is 0 Å². The van der Waals surface area contributed by atoms with E-state index in [0.717, 1.165) is 4.57 Å². The van der Waals surface area contributed by atoms with Gasteiger partial charge in [0, 0.05) is 20.1 Å². The summed E-state index contributed by atoms with van der Waals surface area (Å²) >= 11 is 0. The first-order valence-electron chi connectivity index (χ1n) is 6.37. The zero-order valence-electron chi connectivity index (χ0n) is 12.2. The minimum atomic E-state index is -3.66. The molecule has 0 unspecified atom stereocenters. The standard InChI is InChI=1S/C13H17N3O4S/c1-8(2)14-21(19,20)9-5-6-10-11(7-9)16(4)13(18)12(17)15(10)3/h5-8,14H,1-4H3. The van der Waals surface area contributed by atoms with Crippen molar-refractivity contribution in [2.75, 3.05) is 0 Å². The van der Waals surface area contributed by atoms with Crippen LogP contribution in [0.25, 0.3) is 11.0 Å². The minimum Gasteiger partial charge on any atom is -0.305 e. The SMILES string of the molecule is CC(C)NS(=O)(=O)c1ccc2c(c1)n(C)c(=O)c(=O)n2C. The summed E-state index contributed by atoms with van der Waals surface area (Å²) in [6.45, 7) is 3.44. The van der Waals surface area contributed by atoms with Gasteiger partial charge in [0.05, 0.1) is 15.9 Å². The molecule has 8 heteroatoms. The van der Waals surface area contributed by atoms with Crippen molar-refractivity contribution >= 4 is 21.1 Å². The molecule has 0 radical (unpaired) electrons. The third-order valence-electron chi connectivity index (χ3n) is 3.16. The van der Waals surface area contributed by atoms with Crippen molar-refractivity contribution in [2.45, 2.75) is 24.8 Å². The second-order valence-corrected chi connectivity index (χ2v) is 6.87. The largest absolute Gasteiger partial charge is 0.316 e. The van der Waals surface area contributed by atoms with E-state index in [9.17, 15) is 18.0 Å². The summed E-state index contributed by atoms with van der Waals surface area (Å²) in [5, 5.41) is 0. The molecule has 1 aromatic carbocycles. The number of aromatic nitrogens is 2. The van der Waals surface area contributed by atoms with E-state index in [2.05, 4.69) is 4.72 Å². The Morgan fingerprint density at radius 3 is 2.05 bits per heavy atom. The van der Waals surface area contributed by atoms with Gasteiger partial charge in [-0.1, -0.05) is 0 Å². The third-order valence-corrected chi connectivity index (χ3v) is 4.82. The van der Waals surface area contributed by atoms with Crippen LogP contribution in [0.5, 0.6) is 0 Å². The van der Waals surface area contributed by atoms with Crippen LogP contribution >= 0.6 is 0 Å². The number of hydrogen-bond acceptors (Lipinski definition) is 4. The van der Waals surface area contributed by atoms with Gasteiger partial charge in [-0.25, -0.2) is 13.1 Å². The Morgan fingerprint density at radius 1 is 1.00 bits per heavy atom. The van der Waals surface area contributed by atoms with Gasteiger partial charge in [0.1, 0.15) is 0 Å². The highest BCUT2D eigenvalue weighted by molar-refractivity contribution is 7.89. The minimum absolute atomic E-state index is 0.0531. The number of sulfonamides is 1.